The maximum absolute atomic E-state index is 13.4. The fourth-order valence-corrected chi connectivity index (χ4v) is 4.70. The Balaban J connectivity index is 1.54. The lowest BCUT2D eigenvalue weighted by Crippen LogP contribution is -2.41. The van der Waals surface area contributed by atoms with Crippen LogP contribution in [0.4, 0.5) is 17.5 Å². The molecule has 2 fully saturated rings. The number of amides is 1. The molecule has 1 aliphatic carbocycles. The van der Waals surface area contributed by atoms with Crippen molar-refractivity contribution >= 4 is 23.4 Å². The molecule has 1 amide bonds. The quantitative estimate of drug-likeness (QED) is 0.396. The summed E-state index contributed by atoms with van der Waals surface area (Å²) in [7, 11) is 0. The van der Waals surface area contributed by atoms with Crippen molar-refractivity contribution in [2.24, 2.45) is 11.7 Å². The third kappa shape index (κ3) is 5.99. The number of hydrogen-bond acceptors (Lipinski definition) is 8. The number of likely N-dealkylation sites (tertiary alicyclic amines) is 1. The number of anilines is 2. The number of nitrogens with zero attached hydrogens (tertiary/aromatic N) is 4. The van der Waals surface area contributed by atoms with Gasteiger partial charge in [-0.15, -0.1) is 0 Å². The molecule has 4 rings (SSSR count). The summed E-state index contributed by atoms with van der Waals surface area (Å²) >= 11 is 0. The molecule has 4 N–H and O–H groups in total. The number of nitrogens with two attached hydrogens (primary N) is 1. The summed E-state index contributed by atoms with van der Waals surface area (Å²) in [5.74, 6) is 0.692. The molecule has 0 spiro atoms. The number of aromatic nitrogens is 2. The van der Waals surface area contributed by atoms with Crippen molar-refractivity contribution in [1.29, 1.82) is 0 Å². The lowest BCUT2D eigenvalue weighted by atomic mass is 9.86. The number of hydrogen-bond donors (Lipinski definition) is 3. The molecule has 2 aromatic rings. The molecule has 0 bridgehead atoms. The Bertz CT molecular complexity index is 974. The molecule has 10 nitrogen and oxygen atoms in total. The van der Waals surface area contributed by atoms with Crippen molar-refractivity contribution in [3.8, 4) is 0 Å². The van der Waals surface area contributed by atoms with Gasteiger partial charge in [0.1, 0.15) is 12.2 Å². The molecule has 2 aliphatic rings. The Labute approximate surface area is 199 Å². The highest BCUT2D eigenvalue weighted by Crippen LogP contribution is 2.28. The van der Waals surface area contributed by atoms with E-state index < -0.39 is 11.0 Å². The summed E-state index contributed by atoms with van der Waals surface area (Å²) in [6, 6.07) is 9.01. The number of carbonyl (C=O) groups is 1. The average Bonchev–Trinajstić information content (AvgIpc) is 2.87. The van der Waals surface area contributed by atoms with Crippen LogP contribution in [0, 0.1) is 16.0 Å². The first-order valence-corrected chi connectivity index (χ1v) is 12.1. The van der Waals surface area contributed by atoms with E-state index in [0.717, 1.165) is 63.6 Å². The highest BCUT2D eigenvalue weighted by Gasteiger charge is 2.29. The van der Waals surface area contributed by atoms with Crippen LogP contribution in [-0.2, 0) is 4.79 Å². The molecule has 10 heteroatoms. The lowest BCUT2D eigenvalue weighted by Gasteiger charge is -2.31. The average molecular weight is 468 g/mol. The van der Waals surface area contributed by atoms with Crippen LogP contribution in [0.5, 0.6) is 0 Å². The fourth-order valence-electron chi connectivity index (χ4n) is 4.70. The molecular formula is C24H33N7O3. The van der Waals surface area contributed by atoms with Crippen molar-refractivity contribution < 1.29 is 9.72 Å². The van der Waals surface area contributed by atoms with Gasteiger partial charge in [-0.3, -0.25) is 14.9 Å². The van der Waals surface area contributed by atoms with Gasteiger partial charge in [0.2, 0.25) is 17.7 Å². The van der Waals surface area contributed by atoms with Crippen molar-refractivity contribution in [3.05, 3.63) is 52.2 Å². The van der Waals surface area contributed by atoms with E-state index in [0.29, 0.717) is 12.5 Å². The Morgan fingerprint density at radius 3 is 2.53 bits per heavy atom. The van der Waals surface area contributed by atoms with Crippen LogP contribution >= 0.6 is 0 Å². The molecule has 1 aromatic heterocycles. The summed E-state index contributed by atoms with van der Waals surface area (Å²) in [6.07, 6.45) is 8.19. The number of nitro groups is 1. The molecule has 0 radical (unpaired) electrons. The Kier molecular flexibility index (Phi) is 7.89. The standard InChI is InChI=1S/C24H33N7O3/c25-19-11-9-17(10-12-19)15-26-22-20(31(33)34)16-27-24(29-22)28-21(18-7-3-1-4-8-18)23(32)30-13-5-2-6-14-30/h1,3-4,7-8,16-17,19,21H,2,5-6,9-15,25H2,(H2,26,27,28,29)/t17-,19-,21-/m0/s1. The van der Waals surface area contributed by atoms with Gasteiger partial charge >= 0.3 is 5.69 Å². The van der Waals surface area contributed by atoms with Crippen LogP contribution in [0.2, 0.25) is 0 Å². The first-order valence-electron chi connectivity index (χ1n) is 12.1. The van der Waals surface area contributed by atoms with Crippen LogP contribution in [0.15, 0.2) is 36.5 Å². The highest BCUT2D eigenvalue weighted by atomic mass is 16.6. The maximum atomic E-state index is 13.4. The van der Waals surface area contributed by atoms with Crippen molar-refractivity contribution in [2.75, 3.05) is 30.3 Å². The second-order valence-electron chi connectivity index (χ2n) is 9.22. The van der Waals surface area contributed by atoms with Gasteiger partial charge in [-0.05, 0) is 56.4 Å². The highest BCUT2D eigenvalue weighted by molar-refractivity contribution is 5.86. The zero-order valence-corrected chi connectivity index (χ0v) is 19.4. The first kappa shape index (κ1) is 23.9. The van der Waals surface area contributed by atoms with Gasteiger partial charge in [-0.1, -0.05) is 30.3 Å². The van der Waals surface area contributed by atoms with Crippen LogP contribution < -0.4 is 16.4 Å². The second kappa shape index (κ2) is 11.2. The minimum atomic E-state index is -0.673. The summed E-state index contributed by atoms with van der Waals surface area (Å²) in [6.45, 7) is 2.03. The van der Waals surface area contributed by atoms with E-state index in [1.165, 1.54) is 6.20 Å². The van der Waals surface area contributed by atoms with Gasteiger partial charge in [0.25, 0.3) is 0 Å². The van der Waals surface area contributed by atoms with Gasteiger partial charge in [-0.2, -0.15) is 4.98 Å². The normalized spacial score (nSPS) is 21.5. The molecular weight excluding hydrogens is 434 g/mol. The van der Waals surface area contributed by atoms with E-state index in [-0.39, 0.29) is 29.4 Å². The van der Waals surface area contributed by atoms with Crippen molar-refractivity contribution in [2.45, 2.75) is 57.0 Å². The van der Waals surface area contributed by atoms with Crippen LogP contribution in [-0.4, -0.2) is 51.4 Å². The monoisotopic (exact) mass is 467 g/mol. The molecule has 2 heterocycles. The molecule has 1 saturated heterocycles. The Hall–Kier alpha value is -3.27. The Morgan fingerprint density at radius 2 is 1.85 bits per heavy atom. The number of carbonyl (C=O) groups excluding carboxylic acids is 1. The third-order valence-electron chi connectivity index (χ3n) is 6.74. The van der Waals surface area contributed by atoms with E-state index >= 15 is 0 Å². The van der Waals surface area contributed by atoms with Crippen LogP contribution in [0.25, 0.3) is 0 Å². The third-order valence-corrected chi connectivity index (χ3v) is 6.74. The van der Waals surface area contributed by atoms with Gasteiger partial charge in [0.15, 0.2) is 0 Å². The van der Waals surface area contributed by atoms with Gasteiger partial charge < -0.3 is 21.3 Å². The SMILES string of the molecule is N[C@H]1CC[C@H](CNc2nc(N[C@H](C(=O)N3CCCCC3)c3ccccc3)ncc2[N+](=O)[O-])CC1. The van der Waals surface area contributed by atoms with Gasteiger partial charge in [0.05, 0.1) is 4.92 Å². The lowest BCUT2D eigenvalue weighted by molar-refractivity contribution is -0.384. The molecule has 1 aliphatic heterocycles. The molecule has 182 valence electrons. The summed E-state index contributed by atoms with van der Waals surface area (Å²) < 4.78 is 0. The van der Waals surface area contributed by atoms with Gasteiger partial charge in [-0.25, -0.2) is 4.98 Å². The molecule has 0 unspecified atom stereocenters. The fraction of sp³-hybridized carbons (Fsp3) is 0.542. The number of piperidine rings is 1. The van der Waals surface area contributed by atoms with Gasteiger partial charge in [0, 0.05) is 25.7 Å². The van der Waals surface area contributed by atoms with E-state index in [1.54, 1.807) is 0 Å². The van der Waals surface area contributed by atoms with E-state index in [2.05, 4.69) is 20.6 Å². The minimum Gasteiger partial charge on any atom is -0.364 e. The topological polar surface area (TPSA) is 139 Å². The predicted molar refractivity (Wildman–Crippen MR) is 130 cm³/mol. The zero-order chi connectivity index (χ0) is 23.9. The molecule has 1 aromatic carbocycles. The Morgan fingerprint density at radius 1 is 1.15 bits per heavy atom. The summed E-state index contributed by atoms with van der Waals surface area (Å²) in [5, 5.41) is 17.9. The van der Waals surface area contributed by atoms with E-state index in [4.69, 9.17) is 5.73 Å². The predicted octanol–water partition coefficient (Wildman–Crippen LogP) is 3.48. The molecule has 34 heavy (non-hydrogen) atoms. The smallest absolute Gasteiger partial charge is 0.329 e. The number of rotatable bonds is 8. The second-order valence-corrected chi connectivity index (χ2v) is 9.22. The van der Waals surface area contributed by atoms with Crippen LogP contribution in [0.3, 0.4) is 0 Å². The minimum absolute atomic E-state index is 0.0408. The summed E-state index contributed by atoms with van der Waals surface area (Å²) in [4.78, 5) is 34.9. The maximum Gasteiger partial charge on any atom is 0.329 e. The zero-order valence-electron chi connectivity index (χ0n) is 19.4. The number of benzene rings is 1. The van der Waals surface area contributed by atoms with Crippen LogP contribution in [0.1, 0.15) is 56.6 Å². The summed E-state index contributed by atoms with van der Waals surface area (Å²) in [5.41, 5.74) is 6.61. The molecule has 1 atom stereocenters. The van der Waals surface area contributed by atoms with E-state index in [1.807, 2.05) is 35.2 Å². The van der Waals surface area contributed by atoms with Crippen molar-refractivity contribution in [3.63, 3.8) is 0 Å². The first-order chi connectivity index (χ1) is 16.5. The van der Waals surface area contributed by atoms with Crippen molar-refractivity contribution in [1.82, 2.24) is 14.9 Å². The largest absolute Gasteiger partial charge is 0.364 e. The molecule has 1 saturated carbocycles. The number of nitrogens with one attached hydrogen (secondary N) is 2. The van der Waals surface area contributed by atoms with E-state index in [9.17, 15) is 14.9 Å².